The van der Waals surface area contributed by atoms with Gasteiger partial charge in [0.2, 0.25) is 5.91 Å². The minimum atomic E-state index is -0.442. The molecule has 0 bridgehead atoms. The van der Waals surface area contributed by atoms with Crippen molar-refractivity contribution < 1.29 is 14.3 Å². The van der Waals surface area contributed by atoms with E-state index in [1.165, 1.54) is 11.3 Å². The van der Waals surface area contributed by atoms with Crippen molar-refractivity contribution in [3.8, 4) is 5.75 Å². The number of anilines is 1. The van der Waals surface area contributed by atoms with Crippen LogP contribution in [-0.2, 0) is 4.79 Å². The number of amides is 2. The standard InChI is InChI=1S/C18H20N2O3S/c1-12-5-6-16(23-2)14(10-12)19-17(21)15-4-3-8-20(15)18(22)13-7-9-24-11-13/h5-7,9-11,15H,3-4,8H2,1-2H3,(H,19,21). The van der Waals surface area contributed by atoms with Crippen LogP contribution in [0.1, 0.15) is 28.8 Å². The molecule has 0 saturated carbocycles. The zero-order valence-electron chi connectivity index (χ0n) is 13.7. The number of hydrogen-bond donors (Lipinski definition) is 1. The molecule has 1 aromatic heterocycles. The van der Waals surface area contributed by atoms with Crippen molar-refractivity contribution in [3.63, 3.8) is 0 Å². The highest BCUT2D eigenvalue weighted by Gasteiger charge is 2.34. The minimum Gasteiger partial charge on any atom is -0.495 e. The predicted octanol–water partition coefficient (Wildman–Crippen LogP) is 3.31. The molecule has 2 aromatic rings. The molecule has 1 atom stereocenters. The maximum atomic E-state index is 12.7. The van der Waals surface area contributed by atoms with Crippen LogP contribution in [0.4, 0.5) is 5.69 Å². The normalized spacial score (nSPS) is 16.9. The number of carbonyl (C=O) groups excluding carboxylic acids is 2. The number of nitrogens with zero attached hydrogens (tertiary/aromatic N) is 1. The SMILES string of the molecule is COc1ccc(C)cc1NC(=O)C1CCCN1C(=O)c1ccsc1. The molecule has 126 valence electrons. The molecule has 1 aromatic carbocycles. The molecule has 1 aliphatic heterocycles. The van der Waals surface area contributed by atoms with E-state index >= 15 is 0 Å². The van der Waals surface area contributed by atoms with Gasteiger partial charge >= 0.3 is 0 Å². The average molecular weight is 344 g/mol. The molecule has 0 spiro atoms. The van der Waals surface area contributed by atoms with Crippen LogP contribution >= 0.6 is 11.3 Å². The van der Waals surface area contributed by atoms with Crippen LogP contribution in [0.3, 0.4) is 0 Å². The number of carbonyl (C=O) groups is 2. The molecule has 0 radical (unpaired) electrons. The highest BCUT2D eigenvalue weighted by molar-refractivity contribution is 7.08. The molecular formula is C18H20N2O3S. The molecule has 24 heavy (non-hydrogen) atoms. The monoisotopic (exact) mass is 344 g/mol. The summed E-state index contributed by atoms with van der Waals surface area (Å²) in [4.78, 5) is 27.0. The highest BCUT2D eigenvalue weighted by atomic mass is 32.1. The van der Waals surface area contributed by atoms with Crippen molar-refractivity contribution in [2.24, 2.45) is 0 Å². The van der Waals surface area contributed by atoms with Crippen LogP contribution < -0.4 is 10.1 Å². The van der Waals surface area contributed by atoms with Gasteiger partial charge in [-0.1, -0.05) is 6.07 Å². The Hall–Kier alpha value is -2.34. The zero-order valence-corrected chi connectivity index (χ0v) is 14.6. The molecule has 3 rings (SSSR count). The summed E-state index contributed by atoms with van der Waals surface area (Å²) in [6.07, 6.45) is 1.51. The van der Waals surface area contributed by atoms with Crippen molar-refractivity contribution in [1.82, 2.24) is 4.90 Å². The molecule has 1 fully saturated rings. The number of rotatable bonds is 4. The van der Waals surface area contributed by atoms with Gasteiger partial charge in [0.1, 0.15) is 11.8 Å². The third kappa shape index (κ3) is 3.28. The second kappa shape index (κ2) is 7.05. The van der Waals surface area contributed by atoms with Crippen molar-refractivity contribution in [3.05, 3.63) is 46.2 Å². The Labute approximate surface area is 145 Å². The second-order valence-corrected chi connectivity index (χ2v) is 6.64. The lowest BCUT2D eigenvalue weighted by Gasteiger charge is -2.24. The summed E-state index contributed by atoms with van der Waals surface area (Å²) in [6.45, 7) is 2.56. The lowest BCUT2D eigenvalue weighted by Crippen LogP contribution is -2.43. The number of hydrogen-bond acceptors (Lipinski definition) is 4. The van der Waals surface area contributed by atoms with Crippen LogP contribution in [-0.4, -0.2) is 36.4 Å². The summed E-state index contributed by atoms with van der Waals surface area (Å²) in [6, 6.07) is 6.98. The third-order valence-corrected chi connectivity index (χ3v) is 4.88. The molecule has 6 heteroatoms. The van der Waals surface area contributed by atoms with Crippen molar-refractivity contribution in [2.45, 2.75) is 25.8 Å². The first kappa shape index (κ1) is 16.5. The molecule has 1 unspecified atom stereocenters. The maximum absolute atomic E-state index is 12.7. The molecule has 1 aliphatic rings. The summed E-state index contributed by atoms with van der Waals surface area (Å²) in [7, 11) is 1.57. The maximum Gasteiger partial charge on any atom is 0.255 e. The number of likely N-dealkylation sites (tertiary alicyclic amines) is 1. The Balaban J connectivity index is 1.77. The fourth-order valence-corrected chi connectivity index (χ4v) is 3.60. The lowest BCUT2D eigenvalue weighted by molar-refractivity contribution is -0.119. The largest absolute Gasteiger partial charge is 0.495 e. The Morgan fingerprint density at radius 1 is 1.33 bits per heavy atom. The van der Waals surface area contributed by atoms with E-state index < -0.39 is 6.04 Å². The molecule has 5 nitrogen and oxygen atoms in total. The van der Waals surface area contributed by atoms with Gasteiger partial charge in [0.15, 0.2) is 0 Å². The van der Waals surface area contributed by atoms with E-state index in [-0.39, 0.29) is 11.8 Å². The second-order valence-electron chi connectivity index (χ2n) is 5.86. The van der Waals surface area contributed by atoms with Gasteiger partial charge in [-0.3, -0.25) is 9.59 Å². The first-order valence-corrected chi connectivity index (χ1v) is 8.83. The first-order chi connectivity index (χ1) is 11.6. The van der Waals surface area contributed by atoms with Crippen molar-refractivity contribution >= 4 is 28.8 Å². The van der Waals surface area contributed by atoms with E-state index in [2.05, 4.69) is 5.32 Å². The van der Waals surface area contributed by atoms with Gasteiger partial charge in [-0.05, 0) is 48.9 Å². The van der Waals surface area contributed by atoms with Crippen LogP contribution in [0.15, 0.2) is 35.0 Å². The highest BCUT2D eigenvalue weighted by Crippen LogP contribution is 2.27. The quantitative estimate of drug-likeness (QED) is 0.926. The minimum absolute atomic E-state index is 0.0786. The Bertz CT molecular complexity index is 743. The zero-order chi connectivity index (χ0) is 17.1. The van der Waals surface area contributed by atoms with Crippen LogP contribution in [0.2, 0.25) is 0 Å². The Morgan fingerprint density at radius 2 is 2.17 bits per heavy atom. The van der Waals surface area contributed by atoms with E-state index in [1.54, 1.807) is 18.1 Å². The van der Waals surface area contributed by atoms with Gasteiger partial charge in [-0.15, -0.1) is 0 Å². The lowest BCUT2D eigenvalue weighted by atomic mass is 10.1. The average Bonchev–Trinajstić information content (AvgIpc) is 3.26. The Morgan fingerprint density at radius 3 is 2.88 bits per heavy atom. The number of nitrogens with one attached hydrogen (secondary N) is 1. The van der Waals surface area contributed by atoms with Gasteiger partial charge in [-0.2, -0.15) is 11.3 Å². The predicted molar refractivity (Wildman–Crippen MR) is 94.7 cm³/mol. The topological polar surface area (TPSA) is 58.6 Å². The summed E-state index contributed by atoms with van der Waals surface area (Å²) < 4.78 is 5.30. The van der Waals surface area contributed by atoms with Crippen LogP contribution in [0, 0.1) is 6.92 Å². The number of aryl methyl sites for hydroxylation is 1. The van der Waals surface area contributed by atoms with E-state index in [0.717, 1.165) is 12.0 Å². The van der Waals surface area contributed by atoms with Crippen molar-refractivity contribution in [2.75, 3.05) is 19.0 Å². The van der Waals surface area contributed by atoms with E-state index in [0.29, 0.717) is 30.0 Å². The molecule has 0 aliphatic carbocycles. The summed E-state index contributed by atoms with van der Waals surface area (Å²) in [5, 5.41) is 6.61. The van der Waals surface area contributed by atoms with Gasteiger partial charge in [0, 0.05) is 11.9 Å². The van der Waals surface area contributed by atoms with E-state index in [1.807, 2.05) is 35.9 Å². The summed E-state index contributed by atoms with van der Waals surface area (Å²) >= 11 is 1.48. The molecule has 2 amide bonds. The first-order valence-electron chi connectivity index (χ1n) is 7.89. The van der Waals surface area contributed by atoms with Gasteiger partial charge in [0.05, 0.1) is 18.4 Å². The number of ether oxygens (including phenoxy) is 1. The number of thiophene rings is 1. The summed E-state index contributed by atoms with van der Waals surface area (Å²) in [5.74, 6) is 0.368. The number of benzene rings is 1. The fraction of sp³-hybridized carbons (Fsp3) is 0.333. The summed E-state index contributed by atoms with van der Waals surface area (Å²) in [5.41, 5.74) is 2.31. The van der Waals surface area contributed by atoms with Gasteiger partial charge < -0.3 is 15.0 Å². The number of methoxy groups -OCH3 is 1. The Kier molecular flexibility index (Phi) is 4.85. The molecular weight excluding hydrogens is 324 g/mol. The van der Waals surface area contributed by atoms with Gasteiger partial charge in [-0.25, -0.2) is 0 Å². The van der Waals surface area contributed by atoms with Gasteiger partial charge in [0.25, 0.3) is 5.91 Å². The van der Waals surface area contributed by atoms with Crippen molar-refractivity contribution in [1.29, 1.82) is 0 Å². The molecule has 2 heterocycles. The third-order valence-electron chi connectivity index (χ3n) is 4.20. The van der Waals surface area contributed by atoms with E-state index in [9.17, 15) is 9.59 Å². The smallest absolute Gasteiger partial charge is 0.255 e. The van der Waals surface area contributed by atoms with Crippen LogP contribution in [0.25, 0.3) is 0 Å². The van der Waals surface area contributed by atoms with Crippen LogP contribution in [0.5, 0.6) is 5.75 Å². The molecule has 1 saturated heterocycles. The van der Waals surface area contributed by atoms with E-state index in [4.69, 9.17) is 4.74 Å². The fourth-order valence-electron chi connectivity index (χ4n) is 2.97. The molecule has 1 N–H and O–H groups in total.